The number of rotatable bonds is 11. The van der Waals surface area contributed by atoms with Gasteiger partial charge in [0.1, 0.15) is 5.82 Å². The minimum Gasteiger partial charge on any atom is -0.396 e. The molecule has 3 N–H and O–H groups in total. The lowest BCUT2D eigenvalue weighted by Gasteiger charge is -2.17. The van der Waals surface area contributed by atoms with E-state index in [1.54, 1.807) is 18.2 Å². The van der Waals surface area contributed by atoms with Gasteiger partial charge in [-0.1, -0.05) is 31.5 Å². The molecule has 2 atom stereocenters. The summed E-state index contributed by atoms with van der Waals surface area (Å²) in [5.41, 5.74) is 0.492. The standard InChI is InChI=1S/C16H26FNO3/c1-2-13(7-8-19)9-18-10-15(20)12-21-11-14-5-3-4-6-16(14)17/h3-6,13,15,18-20H,2,7-12H2,1H3. The predicted octanol–water partition coefficient (Wildman–Crippen LogP) is 1.70. The van der Waals surface area contributed by atoms with Crippen molar-refractivity contribution in [3.63, 3.8) is 0 Å². The van der Waals surface area contributed by atoms with Crippen LogP contribution < -0.4 is 5.32 Å². The molecular weight excluding hydrogens is 273 g/mol. The normalized spacial score (nSPS) is 14.1. The molecule has 0 amide bonds. The van der Waals surface area contributed by atoms with Crippen LogP contribution in [-0.4, -0.2) is 42.6 Å². The Morgan fingerprint density at radius 3 is 2.71 bits per heavy atom. The van der Waals surface area contributed by atoms with Crippen molar-refractivity contribution < 1.29 is 19.3 Å². The van der Waals surface area contributed by atoms with Gasteiger partial charge in [0, 0.05) is 18.7 Å². The van der Waals surface area contributed by atoms with Gasteiger partial charge in [0.05, 0.1) is 19.3 Å². The van der Waals surface area contributed by atoms with E-state index >= 15 is 0 Å². The molecule has 0 aliphatic heterocycles. The minimum atomic E-state index is -0.622. The van der Waals surface area contributed by atoms with Crippen LogP contribution in [0.4, 0.5) is 4.39 Å². The zero-order valence-electron chi connectivity index (χ0n) is 12.6. The van der Waals surface area contributed by atoms with Crippen molar-refractivity contribution in [2.75, 3.05) is 26.3 Å². The summed E-state index contributed by atoms with van der Waals surface area (Å²) in [5, 5.41) is 21.8. The highest BCUT2D eigenvalue weighted by Crippen LogP contribution is 2.08. The quantitative estimate of drug-likeness (QED) is 0.582. The van der Waals surface area contributed by atoms with Gasteiger partial charge < -0.3 is 20.3 Å². The topological polar surface area (TPSA) is 61.7 Å². The molecule has 21 heavy (non-hydrogen) atoms. The van der Waals surface area contributed by atoms with Gasteiger partial charge in [-0.05, 0) is 24.9 Å². The van der Waals surface area contributed by atoms with Crippen LogP contribution in [0.5, 0.6) is 0 Å². The van der Waals surface area contributed by atoms with Crippen LogP contribution in [0.3, 0.4) is 0 Å². The molecular formula is C16H26FNO3. The minimum absolute atomic E-state index is 0.159. The molecule has 0 spiro atoms. The number of benzene rings is 1. The Morgan fingerprint density at radius 2 is 2.05 bits per heavy atom. The van der Waals surface area contributed by atoms with Crippen LogP contribution >= 0.6 is 0 Å². The van der Waals surface area contributed by atoms with Crippen molar-refractivity contribution in [3.05, 3.63) is 35.6 Å². The molecule has 1 aromatic carbocycles. The summed E-state index contributed by atoms with van der Waals surface area (Å²) in [6.07, 6.45) is 1.14. The van der Waals surface area contributed by atoms with E-state index in [0.29, 0.717) is 18.0 Å². The molecule has 5 heteroatoms. The van der Waals surface area contributed by atoms with Crippen LogP contribution in [0.15, 0.2) is 24.3 Å². The van der Waals surface area contributed by atoms with Gasteiger partial charge in [-0.25, -0.2) is 4.39 Å². The largest absolute Gasteiger partial charge is 0.396 e. The summed E-state index contributed by atoms with van der Waals surface area (Å²) in [7, 11) is 0. The van der Waals surface area contributed by atoms with E-state index in [1.165, 1.54) is 6.07 Å². The number of halogens is 1. The van der Waals surface area contributed by atoms with Gasteiger partial charge in [0.2, 0.25) is 0 Å². The van der Waals surface area contributed by atoms with Crippen LogP contribution in [0.1, 0.15) is 25.3 Å². The first-order valence-electron chi connectivity index (χ1n) is 7.48. The van der Waals surface area contributed by atoms with Gasteiger partial charge in [-0.2, -0.15) is 0 Å². The number of ether oxygens (including phenoxy) is 1. The van der Waals surface area contributed by atoms with E-state index in [2.05, 4.69) is 12.2 Å². The highest BCUT2D eigenvalue weighted by Gasteiger charge is 2.08. The molecule has 0 saturated carbocycles. The van der Waals surface area contributed by atoms with Crippen molar-refractivity contribution >= 4 is 0 Å². The third kappa shape index (κ3) is 7.52. The van der Waals surface area contributed by atoms with E-state index in [0.717, 1.165) is 19.4 Å². The zero-order valence-corrected chi connectivity index (χ0v) is 12.6. The Balaban J connectivity index is 2.14. The smallest absolute Gasteiger partial charge is 0.128 e. The molecule has 0 aliphatic carbocycles. The lowest BCUT2D eigenvalue weighted by atomic mass is 10.0. The van der Waals surface area contributed by atoms with Crippen LogP contribution in [0.2, 0.25) is 0 Å². The fraction of sp³-hybridized carbons (Fsp3) is 0.625. The van der Waals surface area contributed by atoms with Gasteiger partial charge in [0.15, 0.2) is 0 Å². The van der Waals surface area contributed by atoms with Crippen LogP contribution in [0.25, 0.3) is 0 Å². The monoisotopic (exact) mass is 299 g/mol. The maximum absolute atomic E-state index is 13.3. The van der Waals surface area contributed by atoms with E-state index in [9.17, 15) is 9.50 Å². The fourth-order valence-electron chi connectivity index (χ4n) is 2.07. The summed E-state index contributed by atoms with van der Waals surface area (Å²) in [6, 6.07) is 6.45. The Labute approximate surface area is 125 Å². The number of aliphatic hydroxyl groups excluding tert-OH is 2. The molecule has 1 aromatic rings. The fourth-order valence-corrected chi connectivity index (χ4v) is 2.07. The molecule has 0 heterocycles. The maximum atomic E-state index is 13.3. The van der Waals surface area contributed by atoms with E-state index in [-0.39, 0.29) is 25.6 Å². The van der Waals surface area contributed by atoms with Gasteiger partial charge in [-0.15, -0.1) is 0 Å². The number of aliphatic hydroxyl groups is 2. The molecule has 0 fully saturated rings. The molecule has 0 aromatic heterocycles. The predicted molar refractivity (Wildman–Crippen MR) is 80.4 cm³/mol. The summed E-state index contributed by atoms with van der Waals surface area (Å²) in [5.74, 6) is 0.126. The lowest BCUT2D eigenvalue weighted by Crippen LogP contribution is -2.33. The van der Waals surface area contributed by atoms with Crippen molar-refractivity contribution in [1.29, 1.82) is 0 Å². The van der Waals surface area contributed by atoms with Gasteiger partial charge in [0.25, 0.3) is 0 Å². The Hall–Kier alpha value is -1.01. The van der Waals surface area contributed by atoms with E-state index < -0.39 is 6.10 Å². The molecule has 0 saturated heterocycles. The summed E-state index contributed by atoms with van der Waals surface area (Å²) < 4.78 is 18.7. The van der Waals surface area contributed by atoms with Crippen molar-refractivity contribution in [2.24, 2.45) is 5.92 Å². The Morgan fingerprint density at radius 1 is 1.29 bits per heavy atom. The van der Waals surface area contributed by atoms with Crippen molar-refractivity contribution in [2.45, 2.75) is 32.5 Å². The molecule has 0 radical (unpaired) electrons. The first-order chi connectivity index (χ1) is 10.2. The van der Waals surface area contributed by atoms with E-state index in [4.69, 9.17) is 9.84 Å². The number of hydrogen-bond donors (Lipinski definition) is 3. The molecule has 0 aliphatic rings. The molecule has 0 bridgehead atoms. The molecule has 1 rings (SSSR count). The third-order valence-electron chi connectivity index (χ3n) is 3.45. The summed E-state index contributed by atoms with van der Waals surface area (Å²) in [4.78, 5) is 0. The van der Waals surface area contributed by atoms with Gasteiger partial charge in [-0.3, -0.25) is 0 Å². The zero-order chi connectivity index (χ0) is 15.5. The van der Waals surface area contributed by atoms with Crippen LogP contribution in [-0.2, 0) is 11.3 Å². The summed E-state index contributed by atoms with van der Waals surface area (Å²) in [6.45, 7) is 3.79. The Bertz CT molecular complexity index is 390. The SMILES string of the molecule is CCC(CCO)CNCC(O)COCc1ccccc1F. The second-order valence-corrected chi connectivity index (χ2v) is 5.21. The second kappa shape index (κ2) is 10.7. The highest BCUT2D eigenvalue weighted by molar-refractivity contribution is 5.16. The first-order valence-corrected chi connectivity index (χ1v) is 7.48. The van der Waals surface area contributed by atoms with E-state index in [1.807, 2.05) is 0 Å². The van der Waals surface area contributed by atoms with Crippen molar-refractivity contribution in [1.82, 2.24) is 5.32 Å². The first kappa shape index (κ1) is 18.0. The van der Waals surface area contributed by atoms with Gasteiger partial charge >= 0.3 is 0 Å². The van der Waals surface area contributed by atoms with Crippen molar-refractivity contribution in [3.8, 4) is 0 Å². The highest BCUT2D eigenvalue weighted by atomic mass is 19.1. The number of nitrogens with one attached hydrogen (secondary N) is 1. The molecule has 4 nitrogen and oxygen atoms in total. The molecule has 2 unspecified atom stereocenters. The third-order valence-corrected chi connectivity index (χ3v) is 3.45. The number of hydrogen-bond acceptors (Lipinski definition) is 4. The average molecular weight is 299 g/mol. The molecule has 120 valence electrons. The van der Waals surface area contributed by atoms with Crippen LogP contribution in [0, 0.1) is 11.7 Å². The summed E-state index contributed by atoms with van der Waals surface area (Å²) >= 11 is 0. The lowest BCUT2D eigenvalue weighted by molar-refractivity contribution is 0.0274. The second-order valence-electron chi connectivity index (χ2n) is 5.21. The maximum Gasteiger partial charge on any atom is 0.128 e. The average Bonchev–Trinajstić information content (AvgIpc) is 2.48. The Kier molecular flexibility index (Phi) is 9.17.